The molecule has 0 amide bonds. The number of rotatable bonds is 7. The van der Waals surface area contributed by atoms with E-state index in [-0.39, 0.29) is 5.75 Å². The number of benzene rings is 2. The van der Waals surface area contributed by atoms with Crippen LogP contribution in [-0.4, -0.2) is 29.5 Å². The van der Waals surface area contributed by atoms with E-state index >= 15 is 0 Å². The van der Waals surface area contributed by atoms with E-state index in [0.29, 0.717) is 22.2 Å². The van der Waals surface area contributed by atoms with Gasteiger partial charge < -0.3 is 4.57 Å². The lowest BCUT2D eigenvalue weighted by molar-refractivity contribution is 0.597. The highest BCUT2D eigenvalue weighted by molar-refractivity contribution is 8.00. The number of nitrogens with zero attached hydrogens (tertiary/aromatic N) is 2. The van der Waals surface area contributed by atoms with Crippen LogP contribution >= 0.6 is 23.4 Å². The van der Waals surface area contributed by atoms with Crippen LogP contribution in [0.1, 0.15) is 5.56 Å². The predicted molar refractivity (Wildman–Crippen MR) is 102 cm³/mol. The standard InChI is InChI=1S/C18H17ClN2O2S2/c19-16-6-8-17(9-7-16)25(22,23)13-12-24-18-20-10-11-21(18)14-15-4-2-1-3-5-15/h1-11H,12-14H2. The van der Waals surface area contributed by atoms with Gasteiger partial charge in [-0.3, -0.25) is 0 Å². The highest BCUT2D eigenvalue weighted by atomic mass is 35.5. The number of thioether (sulfide) groups is 1. The fourth-order valence-corrected chi connectivity index (χ4v) is 5.07. The maximum Gasteiger partial charge on any atom is 0.179 e. The average molecular weight is 393 g/mol. The van der Waals surface area contributed by atoms with E-state index in [1.807, 2.05) is 29.0 Å². The summed E-state index contributed by atoms with van der Waals surface area (Å²) < 4.78 is 26.8. The van der Waals surface area contributed by atoms with Crippen molar-refractivity contribution in [3.05, 3.63) is 77.6 Å². The molecular weight excluding hydrogens is 376 g/mol. The first kappa shape index (κ1) is 18.0. The van der Waals surface area contributed by atoms with Crippen molar-refractivity contribution >= 4 is 33.2 Å². The Morgan fingerprint density at radius 2 is 1.76 bits per heavy atom. The Kier molecular flexibility index (Phi) is 5.83. The highest BCUT2D eigenvalue weighted by Crippen LogP contribution is 2.20. The first-order valence-electron chi connectivity index (χ1n) is 7.71. The normalized spacial score (nSPS) is 11.6. The molecule has 0 radical (unpaired) electrons. The van der Waals surface area contributed by atoms with Gasteiger partial charge in [-0.05, 0) is 29.8 Å². The number of aromatic nitrogens is 2. The van der Waals surface area contributed by atoms with Crippen LogP contribution in [0.15, 0.2) is 77.0 Å². The molecule has 0 aliphatic rings. The van der Waals surface area contributed by atoms with E-state index in [4.69, 9.17) is 11.6 Å². The van der Waals surface area contributed by atoms with Crippen LogP contribution < -0.4 is 0 Å². The van der Waals surface area contributed by atoms with Gasteiger partial charge in [-0.1, -0.05) is 53.7 Å². The molecule has 0 aliphatic heterocycles. The molecule has 0 N–H and O–H groups in total. The minimum Gasteiger partial charge on any atom is -0.322 e. The summed E-state index contributed by atoms with van der Waals surface area (Å²) in [5.74, 6) is 0.494. The topological polar surface area (TPSA) is 52.0 Å². The monoisotopic (exact) mass is 392 g/mol. The molecule has 3 rings (SSSR count). The summed E-state index contributed by atoms with van der Waals surface area (Å²) in [4.78, 5) is 4.63. The second kappa shape index (κ2) is 8.08. The van der Waals surface area contributed by atoms with Gasteiger partial charge >= 0.3 is 0 Å². The van der Waals surface area contributed by atoms with Crippen molar-refractivity contribution in [2.24, 2.45) is 0 Å². The molecule has 1 heterocycles. The van der Waals surface area contributed by atoms with Gasteiger partial charge in [-0.25, -0.2) is 13.4 Å². The number of sulfone groups is 1. The molecule has 0 atom stereocenters. The first-order valence-corrected chi connectivity index (χ1v) is 10.7. The fraction of sp³-hybridized carbons (Fsp3) is 0.167. The van der Waals surface area contributed by atoms with Gasteiger partial charge in [0, 0.05) is 29.7 Å². The number of imidazole rings is 1. The average Bonchev–Trinajstić information content (AvgIpc) is 3.03. The molecule has 0 spiro atoms. The smallest absolute Gasteiger partial charge is 0.179 e. The molecule has 0 fully saturated rings. The third-order valence-corrected chi connectivity index (χ3v) is 6.88. The second-order valence-electron chi connectivity index (χ2n) is 5.44. The zero-order valence-corrected chi connectivity index (χ0v) is 15.8. The van der Waals surface area contributed by atoms with Gasteiger partial charge in [0.05, 0.1) is 10.6 Å². The van der Waals surface area contributed by atoms with E-state index in [1.165, 1.54) is 17.3 Å². The van der Waals surface area contributed by atoms with Gasteiger partial charge in [-0.15, -0.1) is 0 Å². The highest BCUT2D eigenvalue weighted by Gasteiger charge is 2.15. The Hall–Kier alpha value is -1.76. The van der Waals surface area contributed by atoms with Crippen LogP contribution in [0, 0.1) is 0 Å². The van der Waals surface area contributed by atoms with Gasteiger partial charge in [0.25, 0.3) is 0 Å². The van der Waals surface area contributed by atoms with E-state index in [9.17, 15) is 8.42 Å². The Labute approximate surface area is 156 Å². The van der Waals surface area contributed by atoms with Crippen LogP contribution in [0.5, 0.6) is 0 Å². The lowest BCUT2D eigenvalue weighted by Crippen LogP contribution is -2.09. The first-order chi connectivity index (χ1) is 12.0. The number of hydrogen-bond donors (Lipinski definition) is 0. The SMILES string of the molecule is O=S(=O)(CCSc1nccn1Cc1ccccc1)c1ccc(Cl)cc1. The minimum absolute atomic E-state index is 0.0531. The minimum atomic E-state index is -3.32. The summed E-state index contributed by atoms with van der Waals surface area (Å²) in [6, 6.07) is 16.3. The van der Waals surface area contributed by atoms with Gasteiger partial charge in [0.15, 0.2) is 15.0 Å². The van der Waals surface area contributed by atoms with E-state index < -0.39 is 9.84 Å². The Morgan fingerprint density at radius 1 is 1.04 bits per heavy atom. The summed E-state index contributed by atoms with van der Waals surface area (Å²) >= 11 is 7.25. The van der Waals surface area contributed by atoms with Crippen molar-refractivity contribution in [3.63, 3.8) is 0 Å². The Balaban J connectivity index is 1.61. The summed E-state index contributed by atoms with van der Waals surface area (Å²) in [6.07, 6.45) is 3.64. The molecule has 0 unspecified atom stereocenters. The molecule has 130 valence electrons. The van der Waals surface area contributed by atoms with Crippen molar-refractivity contribution < 1.29 is 8.42 Å². The van der Waals surface area contributed by atoms with Crippen molar-refractivity contribution in [2.75, 3.05) is 11.5 Å². The van der Waals surface area contributed by atoms with Gasteiger partial charge in [0.1, 0.15) is 0 Å². The Bertz CT molecular complexity index is 923. The lowest BCUT2D eigenvalue weighted by atomic mass is 10.2. The van der Waals surface area contributed by atoms with E-state index in [2.05, 4.69) is 17.1 Å². The summed E-state index contributed by atoms with van der Waals surface area (Å²) in [5, 5.41) is 1.34. The van der Waals surface area contributed by atoms with Crippen molar-refractivity contribution in [1.29, 1.82) is 0 Å². The number of halogens is 1. The van der Waals surface area contributed by atoms with Crippen LogP contribution in [0.3, 0.4) is 0 Å². The molecule has 0 bridgehead atoms. The predicted octanol–water partition coefficient (Wildman–Crippen LogP) is 4.15. The molecule has 4 nitrogen and oxygen atoms in total. The van der Waals surface area contributed by atoms with Crippen LogP contribution in [0.4, 0.5) is 0 Å². The molecule has 3 aromatic rings. The zero-order chi connectivity index (χ0) is 17.7. The molecule has 7 heteroatoms. The van der Waals surface area contributed by atoms with E-state index in [1.54, 1.807) is 30.5 Å². The maximum absolute atomic E-state index is 12.4. The summed E-state index contributed by atoms with van der Waals surface area (Å²) in [7, 11) is -3.32. The van der Waals surface area contributed by atoms with Crippen molar-refractivity contribution in [3.8, 4) is 0 Å². The second-order valence-corrected chi connectivity index (χ2v) is 9.05. The van der Waals surface area contributed by atoms with E-state index in [0.717, 1.165) is 5.16 Å². The van der Waals surface area contributed by atoms with Crippen molar-refractivity contribution in [2.45, 2.75) is 16.6 Å². The lowest BCUT2D eigenvalue weighted by Gasteiger charge is -2.08. The van der Waals surface area contributed by atoms with Crippen LogP contribution in [-0.2, 0) is 16.4 Å². The maximum atomic E-state index is 12.4. The molecule has 2 aromatic carbocycles. The van der Waals surface area contributed by atoms with Gasteiger partial charge in [0.2, 0.25) is 0 Å². The van der Waals surface area contributed by atoms with Crippen LogP contribution in [0.2, 0.25) is 5.02 Å². The number of hydrogen-bond acceptors (Lipinski definition) is 4. The Morgan fingerprint density at radius 3 is 2.48 bits per heavy atom. The molecule has 0 saturated heterocycles. The third-order valence-electron chi connectivity index (χ3n) is 3.63. The molecule has 0 aliphatic carbocycles. The summed E-state index contributed by atoms with van der Waals surface area (Å²) in [5.41, 5.74) is 1.18. The molecule has 0 saturated carbocycles. The molecule has 1 aromatic heterocycles. The van der Waals surface area contributed by atoms with Crippen LogP contribution in [0.25, 0.3) is 0 Å². The fourth-order valence-electron chi connectivity index (χ4n) is 2.34. The van der Waals surface area contributed by atoms with Gasteiger partial charge in [-0.2, -0.15) is 0 Å². The quantitative estimate of drug-likeness (QED) is 0.567. The third kappa shape index (κ3) is 4.87. The zero-order valence-electron chi connectivity index (χ0n) is 13.4. The largest absolute Gasteiger partial charge is 0.322 e. The van der Waals surface area contributed by atoms with Crippen molar-refractivity contribution in [1.82, 2.24) is 9.55 Å². The molecular formula is C18H17ClN2O2S2. The summed E-state index contributed by atoms with van der Waals surface area (Å²) in [6.45, 7) is 0.715. The molecule has 25 heavy (non-hydrogen) atoms.